The Hall–Kier alpha value is -0.910. The van der Waals surface area contributed by atoms with E-state index in [1.165, 1.54) is 4.31 Å². The molecule has 0 fully saturated rings. The van der Waals surface area contributed by atoms with E-state index < -0.39 is 10.0 Å². The molecule has 0 atom stereocenters. The first-order valence-electron chi connectivity index (χ1n) is 6.21. The molecule has 0 aliphatic carbocycles. The summed E-state index contributed by atoms with van der Waals surface area (Å²) in [5.41, 5.74) is 7.34. The minimum Gasteiger partial charge on any atom is -0.329 e. The molecule has 1 aromatic rings. The molecule has 1 aromatic carbocycles. The SMILES string of the molecule is CCCN(CCN)S(=O)(=O)c1ccc(C)cc1C. The number of nitrogens with zero attached hydrogens (tertiary/aromatic N) is 1. The molecular weight excluding hydrogens is 248 g/mol. The molecular formula is C13H22N2O2S. The van der Waals surface area contributed by atoms with Crippen molar-refractivity contribution in [2.45, 2.75) is 32.1 Å². The van der Waals surface area contributed by atoms with Crippen LogP contribution in [0.25, 0.3) is 0 Å². The molecule has 0 saturated heterocycles. The van der Waals surface area contributed by atoms with Crippen LogP contribution in [0.15, 0.2) is 23.1 Å². The highest BCUT2D eigenvalue weighted by molar-refractivity contribution is 7.89. The predicted octanol–water partition coefficient (Wildman–Crippen LogP) is 1.66. The molecule has 1 rings (SSSR count). The fourth-order valence-corrected chi connectivity index (χ4v) is 3.73. The predicted molar refractivity (Wildman–Crippen MR) is 74.0 cm³/mol. The van der Waals surface area contributed by atoms with E-state index in [-0.39, 0.29) is 0 Å². The lowest BCUT2D eigenvalue weighted by Gasteiger charge is -2.22. The first kappa shape index (κ1) is 15.1. The van der Waals surface area contributed by atoms with Crippen LogP contribution in [0.2, 0.25) is 0 Å². The minimum atomic E-state index is -3.42. The second-order valence-corrected chi connectivity index (χ2v) is 6.37. The highest BCUT2D eigenvalue weighted by Crippen LogP contribution is 2.20. The Bertz CT molecular complexity index is 492. The van der Waals surface area contributed by atoms with Crippen molar-refractivity contribution in [3.63, 3.8) is 0 Å². The number of aryl methyl sites for hydroxylation is 2. The van der Waals surface area contributed by atoms with E-state index in [4.69, 9.17) is 5.73 Å². The number of rotatable bonds is 6. The molecule has 2 N–H and O–H groups in total. The van der Waals surface area contributed by atoms with Crippen LogP contribution in [-0.4, -0.2) is 32.4 Å². The highest BCUT2D eigenvalue weighted by Gasteiger charge is 2.24. The topological polar surface area (TPSA) is 63.4 Å². The Morgan fingerprint density at radius 1 is 1.22 bits per heavy atom. The van der Waals surface area contributed by atoms with Gasteiger partial charge in [-0.15, -0.1) is 0 Å². The zero-order valence-corrected chi connectivity index (χ0v) is 12.1. The average Bonchev–Trinajstić information content (AvgIpc) is 2.28. The Labute approximate surface area is 110 Å². The van der Waals surface area contributed by atoms with Crippen LogP contribution in [0.5, 0.6) is 0 Å². The fraction of sp³-hybridized carbons (Fsp3) is 0.538. The Morgan fingerprint density at radius 2 is 1.89 bits per heavy atom. The van der Waals surface area contributed by atoms with E-state index in [1.54, 1.807) is 6.07 Å². The van der Waals surface area contributed by atoms with Crippen LogP contribution in [0, 0.1) is 13.8 Å². The second-order valence-electron chi connectivity index (χ2n) is 4.46. The quantitative estimate of drug-likeness (QED) is 0.855. The van der Waals surface area contributed by atoms with Gasteiger partial charge in [0.25, 0.3) is 0 Å². The van der Waals surface area contributed by atoms with Gasteiger partial charge in [-0.3, -0.25) is 0 Å². The smallest absolute Gasteiger partial charge is 0.243 e. The summed E-state index contributed by atoms with van der Waals surface area (Å²) in [5, 5.41) is 0. The summed E-state index contributed by atoms with van der Waals surface area (Å²) < 4.78 is 26.5. The lowest BCUT2D eigenvalue weighted by Crippen LogP contribution is -2.36. The molecule has 0 unspecified atom stereocenters. The van der Waals surface area contributed by atoms with Gasteiger partial charge in [-0.1, -0.05) is 24.6 Å². The van der Waals surface area contributed by atoms with Crippen molar-refractivity contribution in [3.8, 4) is 0 Å². The standard InChI is InChI=1S/C13H22N2O2S/c1-4-8-15(9-7-14)18(16,17)13-6-5-11(2)10-12(13)3/h5-6,10H,4,7-9,14H2,1-3H3. The van der Waals surface area contributed by atoms with Gasteiger partial charge in [-0.25, -0.2) is 8.42 Å². The monoisotopic (exact) mass is 270 g/mol. The minimum absolute atomic E-state index is 0.337. The van der Waals surface area contributed by atoms with Gasteiger partial charge in [0.1, 0.15) is 0 Å². The Morgan fingerprint density at radius 3 is 2.39 bits per heavy atom. The van der Waals surface area contributed by atoms with Gasteiger partial charge < -0.3 is 5.73 Å². The molecule has 0 aliphatic heterocycles. The van der Waals surface area contributed by atoms with Gasteiger partial charge in [-0.05, 0) is 31.9 Å². The van der Waals surface area contributed by atoms with Crippen molar-refractivity contribution in [1.82, 2.24) is 4.31 Å². The summed E-state index contributed by atoms with van der Waals surface area (Å²) in [7, 11) is -3.42. The summed E-state index contributed by atoms with van der Waals surface area (Å²) in [6, 6.07) is 5.39. The third-order valence-electron chi connectivity index (χ3n) is 2.80. The van der Waals surface area contributed by atoms with E-state index >= 15 is 0 Å². The fourth-order valence-electron chi connectivity index (χ4n) is 1.97. The number of benzene rings is 1. The van der Waals surface area contributed by atoms with Gasteiger partial charge in [0.05, 0.1) is 4.90 Å². The summed E-state index contributed by atoms with van der Waals surface area (Å²) in [5.74, 6) is 0. The molecule has 0 spiro atoms. The Kier molecular flexibility index (Phi) is 5.31. The van der Waals surface area contributed by atoms with Crippen LogP contribution in [0.1, 0.15) is 24.5 Å². The number of nitrogens with two attached hydrogens (primary N) is 1. The van der Waals surface area contributed by atoms with Crippen LogP contribution < -0.4 is 5.73 Å². The molecule has 0 bridgehead atoms. The summed E-state index contributed by atoms with van der Waals surface area (Å²) >= 11 is 0. The van der Waals surface area contributed by atoms with Crippen molar-refractivity contribution in [2.75, 3.05) is 19.6 Å². The van der Waals surface area contributed by atoms with E-state index in [0.29, 0.717) is 24.5 Å². The number of hydrogen-bond acceptors (Lipinski definition) is 3. The van der Waals surface area contributed by atoms with Gasteiger partial charge in [0, 0.05) is 19.6 Å². The molecule has 0 radical (unpaired) electrons. The summed E-state index contributed by atoms with van der Waals surface area (Å²) in [6.45, 7) is 6.95. The average molecular weight is 270 g/mol. The van der Waals surface area contributed by atoms with Crippen molar-refractivity contribution < 1.29 is 8.42 Å². The van der Waals surface area contributed by atoms with Gasteiger partial charge >= 0.3 is 0 Å². The molecule has 5 heteroatoms. The third kappa shape index (κ3) is 3.31. The van der Waals surface area contributed by atoms with Crippen molar-refractivity contribution >= 4 is 10.0 Å². The van der Waals surface area contributed by atoms with Gasteiger partial charge in [-0.2, -0.15) is 4.31 Å². The largest absolute Gasteiger partial charge is 0.329 e. The lowest BCUT2D eigenvalue weighted by molar-refractivity contribution is 0.417. The number of sulfonamides is 1. The maximum absolute atomic E-state index is 12.5. The maximum Gasteiger partial charge on any atom is 0.243 e. The molecule has 0 amide bonds. The molecule has 102 valence electrons. The van der Waals surface area contributed by atoms with Crippen molar-refractivity contribution in [2.24, 2.45) is 5.73 Å². The zero-order chi connectivity index (χ0) is 13.8. The molecule has 0 aromatic heterocycles. The van der Waals surface area contributed by atoms with Gasteiger partial charge in [0.2, 0.25) is 10.0 Å². The van der Waals surface area contributed by atoms with Crippen molar-refractivity contribution in [1.29, 1.82) is 0 Å². The lowest BCUT2D eigenvalue weighted by atomic mass is 10.2. The van der Waals surface area contributed by atoms with Crippen LogP contribution in [0.3, 0.4) is 0 Å². The first-order chi connectivity index (χ1) is 8.43. The summed E-state index contributed by atoms with van der Waals surface area (Å²) in [6.07, 6.45) is 0.782. The molecule has 0 saturated carbocycles. The number of hydrogen-bond donors (Lipinski definition) is 1. The van der Waals surface area contributed by atoms with Crippen LogP contribution >= 0.6 is 0 Å². The van der Waals surface area contributed by atoms with Gasteiger partial charge in [0.15, 0.2) is 0 Å². The molecule has 18 heavy (non-hydrogen) atoms. The first-order valence-corrected chi connectivity index (χ1v) is 7.65. The second kappa shape index (κ2) is 6.31. The highest BCUT2D eigenvalue weighted by atomic mass is 32.2. The molecule has 4 nitrogen and oxygen atoms in total. The summed E-state index contributed by atoms with van der Waals surface area (Å²) in [4.78, 5) is 0.384. The normalized spacial score (nSPS) is 12.1. The molecule has 0 aliphatic rings. The van der Waals surface area contributed by atoms with E-state index in [1.807, 2.05) is 32.9 Å². The Balaban J connectivity index is 3.17. The third-order valence-corrected chi connectivity index (χ3v) is 4.86. The van der Waals surface area contributed by atoms with E-state index in [0.717, 1.165) is 17.5 Å². The van der Waals surface area contributed by atoms with E-state index in [2.05, 4.69) is 0 Å². The van der Waals surface area contributed by atoms with Crippen molar-refractivity contribution in [3.05, 3.63) is 29.3 Å². The van der Waals surface area contributed by atoms with Crippen LogP contribution in [0.4, 0.5) is 0 Å². The maximum atomic E-state index is 12.5. The zero-order valence-electron chi connectivity index (χ0n) is 11.3. The van der Waals surface area contributed by atoms with E-state index in [9.17, 15) is 8.42 Å². The van der Waals surface area contributed by atoms with Crippen LogP contribution in [-0.2, 0) is 10.0 Å². The molecule has 0 heterocycles.